The average molecular weight is 407 g/mol. The van der Waals surface area contributed by atoms with Gasteiger partial charge in [-0.3, -0.25) is 0 Å². The van der Waals surface area contributed by atoms with Crippen LogP contribution in [0.15, 0.2) is 0 Å². The minimum atomic E-state index is 0.374. The number of ether oxygens (including phenoxy) is 1. The third kappa shape index (κ3) is 6.70. The smallest absolute Gasteiger partial charge is 0.0578 e. The molecule has 3 rings (SSSR count). The normalized spacial score (nSPS) is 41.4. The van der Waals surface area contributed by atoms with Crippen LogP contribution in [0.1, 0.15) is 111 Å². The Labute approximate surface area is 181 Å². The van der Waals surface area contributed by atoms with Crippen molar-refractivity contribution in [2.45, 2.75) is 117 Å². The Morgan fingerprint density at radius 3 is 2.03 bits per heavy atom. The molecular formula is C27H50O2. The molecule has 0 spiro atoms. The Balaban J connectivity index is 1.47. The van der Waals surface area contributed by atoms with Crippen molar-refractivity contribution in [3.8, 4) is 0 Å². The van der Waals surface area contributed by atoms with E-state index in [0.717, 1.165) is 54.5 Å². The lowest BCUT2D eigenvalue weighted by molar-refractivity contribution is -0.0457. The predicted molar refractivity (Wildman–Crippen MR) is 123 cm³/mol. The zero-order chi connectivity index (χ0) is 20.6. The molecule has 2 heteroatoms. The van der Waals surface area contributed by atoms with Crippen molar-refractivity contribution in [3.63, 3.8) is 0 Å². The van der Waals surface area contributed by atoms with E-state index in [-0.39, 0.29) is 0 Å². The third-order valence-electron chi connectivity index (χ3n) is 9.22. The fraction of sp³-hybridized carbons (Fsp3) is 1.00. The summed E-state index contributed by atoms with van der Waals surface area (Å²) in [7, 11) is 0. The van der Waals surface area contributed by atoms with Crippen molar-refractivity contribution >= 4 is 0 Å². The molecule has 0 aromatic heterocycles. The van der Waals surface area contributed by atoms with Crippen LogP contribution in [-0.4, -0.2) is 24.4 Å². The molecule has 0 aliphatic heterocycles. The van der Waals surface area contributed by atoms with Gasteiger partial charge in [-0.1, -0.05) is 52.9 Å². The highest BCUT2D eigenvalue weighted by molar-refractivity contribution is 4.90. The Morgan fingerprint density at radius 2 is 1.38 bits per heavy atom. The maximum Gasteiger partial charge on any atom is 0.0578 e. The number of aliphatic hydroxyl groups is 1. The summed E-state index contributed by atoms with van der Waals surface area (Å²) in [5.74, 6) is 6.36. The fourth-order valence-electron chi connectivity index (χ4n) is 7.26. The molecule has 0 heterocycles. The van der Waals surface area contributed by atoms with Crippen LogP contribution in [0.3, 0.4) is 0 Å². The van der Waals surface area contributed by atoms with E-state index in [0.29, 0.717) is 12.7 Å². The standard InChI is InChI=1S/C27H50O2/c1-4-23-17-21(7-6-16-28)12-14-26(23)27-15-13-25(18-24(27)5-2)29-19-22-10-8-20(3)9-11-22/h20-28H,4-19H2,1-3H3. The van der Waals surface area contributed by atoms with E-state index in [4.69, 9.17) is 4.74 Å². The molecule has 6 atom stereocenters. The minimum Gasteiger partial charge on any atom is -0.396 e. The Hall–Kier alpha value is -0.0800. The summed E-state index contributed by atoms with van der Waals surface area (Å²) in [5.41, 5.74) is 0. The van der Waals surface area contributed by atoms with E-state index in [1.54, 1.807) is 0 Å². The highest BCUT2D eigenvalue weighted by atomic mass is 16.5. The first-order valence-corrected chi connectivity index (χ1v) is 13.4. The van der Waals surface area contributed by atoms with Crippen molar-refractivity contribution in [2.24, 2.45) is 41.4 Å². The second kappa shape index (κ2) is 12.1. The molecule has 2 nitrogen and oxygen atoms in total. The molecule has 3 saturated carbocycles. The van der Waals surface area contributed by atoms with Gasteiger partial charge < -0.3 is 9.84 Å². The van der Waals surface area contributed by atoms with Gasteiger partial charge in [0.2, 0.25) is 0 Å². The lowest BCUT2D eigenvalue weighted by Crippen LogP contribution is -2.39. The molecule has 0 amide bonds. The first-order valence-electron chi connectivity index (χ1n) is 13.4. The van der Waals surface area contributed by atoms with E-state index in [1.165, 1.54) is 83.5 Å². The fourth-order valence-corrected chi connectivity index (χ4v) is 7.26. The molecule has 170 valence electrons. The highest BCUT2D eigenvalue weighted by Crippen LogP contribution is 2.48. The van der Waals surface area contributed by atoms with Crippen LogP contribution in [0.2, 0.25) is 0 Å². The third-order valence-corrected chi connectivity index (χ3v) is 9.22. The summed E-state index contributed by atoms with van der Waals surface area (Å²) in [6.45, 7) is 8.67. The van der Waals surface area contributed by atoms with Crippen LogP contribution in [-0.2, 0) is 4.74 Å². The van der Waals surface area contributed by atoms with Gasteiger partial charge in [-0.15, -0.1) is 0 Å². The summed E-state index contributed by atoms with van der Waals surface area (Å²) >= 11 is 0. The Bertz CT molecular complexity index is 442. The van der Waals surface area contributed by atoms with Crippen LogP contribution in [0.5, 0.6) is 0 Å². The molecule has 3 aliphatic carbocycles. The average Bonchev–Trinajstić information content (AvgIpc) is 2.77. The SMILES string of the molecule is CCC1CC(CCCO)CCC1C1CCC(OCC2CCC(C)CC2)CC1CC. The molecule has 3 aliphatic rings. The van der Waals surface area contributed by atoms with E-state index in [9.17, 15) is 5.11 Å². The van der Waals surface area contributed by atoms with Crippen molar-refractivity contribution in [2.75, 3.05) is 13.2 Å². The topological polar surface area (TPSA) is 29.5 Å². The number of hydrogen-bond acceptors (Lipinski definition) is 2. The van der Waals surface area contributed by atoms with Crippen molar-refractivity contribution in [3.05, 3.63) is 0 Å². The lowest BCUT2D eigenvalue weighted by atomic mass is 9.60. The van der Waals surface area contributed by atoms with Gasteiger partial charge in [0.05, 0.1) is 6.10 Å². The number of aliphatic hydroxyl groups excluding tert-OH is 1. The maximum atomic E-state index is 9.19. The van der Waals surface area contributed by atoms with Crippen molar-refractivity contribution < 1.29 is 9.84 Å². The lowest BCUT2D eigenvalue weighted by Gasteiger charge is -2.46. The number of hydrogen-bond donors (Lipinski definition) is 1. The summed E-state index contributed by atoms with van der Waals surface area (Å²) in [5, 5.41) is 9.19. The summed E-state index contributed by atoms with van der Waals surface area (Å²) < 4.78 is 6.52. The molecule has 3 fully saturated rings. The van der Waals surface area contributed by atoms with Gasteiger partial charge in [-0.2, -0.15) is 0 Å². The predicted octanol–water partition coefficient (Wildman–Crippen LogP) is 7.24. The van der Waals surface area contributed by atoms with Gasteiger partial charge in [0.15, 0.2) is 0 Å². The quantitative estimate of drug-likeness (QED) is 0.437. The van der Waals surface area contributed by atoms with Crippen LogP contribution in [0.4, 0.5) is 0 Å². The zero-order valence-corrected chi connectivity index (χ0v) is 19.8. The molecular weight excluding hydrogens is 356 g/mol. The number of rotatable bonds is 9. The van der Waals surface area contributed by atoms with E-state index in [1.807, 2.05) is 0 Å². The summed E-state index contributed by atoms with van der Waals surface area (Å²) in [6.07, 6.45) is 19.4. The van der Waals surface area contributed by atoms with Gasteiger partial charge in [0.1, 0.15) is 0 Å². The Kier molecular flexibility index (Phi) is 9.83. The van der Waals surface area contributed by atoms with E-state index >= 15 is 0 Å². The van der Waals surface area contributed by atoms with Crippen molar-refractivity contribution in [1.82, 2.24) is 0 Å². The van der Waals surface area contributed by atoms with Gasteiger partial charge in [0.25, 0.3) is 0 Å². The van der Waals surface area contributed by atoms with E-state index in [2.05, 4.69) is 20.8 Å². The molecule has 0 radical (unpaired) electrons. The van der Waals surface area contributed by atoms with Gasteiger partial charge in [-0.25, -0.2) is 0 Å². The molecule has 1 N–H and O–H groups in total. The molecule has 0 saturated heterocycles. The summed E-state index contributed by atoms with van der Waals surface area (Å²) in [4.78, 5) is 0. The molecule has 29 heavy (non-hydrogen) atoms. The Morgan fingerprint density at radius 1 is 0.759 bits per heavy atom. The largest absolute Gasteiger partial charge is 0.396 e. The van der Waals surface area contributed by atoms with Crippen molar-refractivity contribution in [1.29, 1.82) is 0 Å². The second-order valence-corrected chi connectivity index (χ2v) is 11.1. The van der Waals surface area contributed by atoms with Crippen LogP contribution >= 0.6 is 0 Å². The van der Waals surface area contributed by atoms with Gasteiger partial charge in [0, 0.05) is 13.2 Å². The highest BCUT2D eigenvalue weighted by Gasteiger charge is 2.40. The van der Waals surface area contributed by atoms with Crippen LogP contribution in [0.25, 0.3) is 0 Å². The molecule has 0 aromatic carbocycles. The first kappa shape index (κ1) is 23.6. The van der Waals surface area contributed by atoms with Crippen LogP contribution in [0, 0.1) is 41.4 Å². The van der Waals surface area contributed by atoms with Crippen LogP contribution < -0.4 is 0 Å². The second-order valence-electron chi connectivity index (χ2n) is 11.1. The molecule has 6 unspecified atom stereocenters. The van der Waals surface area contributed by atoms with Gasteiger partial charge >= 0.3 is 0 Å². The molecule has 0 aromatic rings. The first-order chi connectivity index (χ1) is 14.1. The maximum absolute atomic E-state index is 9.19. The van der Waals surface area contributed by atoms with E-state index < -0.39 is 0 Å². The minimum absolute atomic E-state index is 0.374. The zero-order valence-electron chi connectivity index (χ0n) is 19.8. The molecule has 0 bridgehead atoms. The summed E-state index contributed by atoms with van der Waals surface area (Å²) in [6, 6.07) is 0. The monoisotopic (exact) mass is 406 g/mol. The van der Waals surface area contributed by atoms with Gasteiger partial charge in [-0.05, 0) is 99.2 Å².